The van der Waals surface area contributed by atoms with Crippen LogP contribution in [0.4, 0.5) is 4.39 Å². The third kappa shape index (κ3) is 2.91. The molecule has 0 unspecified atom stereocenters. The minimum atomic E-state index is -0.448. The van der Waals surface area contributed by atoms with E-state index in [1.165, 1.54) is 25.1 Å². The molecule has 0 atom stereocenters. The Morgan fingerprint density at radius 2 is 2.00 bits per heavy atom. The van der Waals surface area contributed by atoms with Gasteiger partial charge in [0, 0.05) is 12.4 Å². The Bertz CT molecular complexity index is 555. The molecule has 0 aliphatic rings. The summed E-state index contributed by atoms with van der Waals surface area (Å²) in [7, 11) is 0. The number of rotatable bonds is 4. The molecular weight excluding hydrogens is 233 g/mol. The Kier molecular flexibility index (Phi) is 3.67. The third-order valence-corrected chi connectivity index (χ3v) is 2.46. The lowest BCUT2D eigenvalue weighted by molar-refractivity contribution is 0.101. The van der Waals surface area contributed by atoms with Gasteiger partial charge in [0.1, 0.15) is 18.2 Å². The molecule has 1 aromatic carbocycles. The number of halogens is 1. The van der Waals surface area contributed by atoms with Crippen LogP contribution in [0.5, 0.6) is 5.75 Å². The van der Waals surface area contributed by atoms with Crippen molar-refractivity contribution in [2.75, 3.05) is 0 Å². The molecule has 4 heteroatoms. The first-order chi connectivity index (χ1) is 8.66. The molecule has 1 aromatic heterocycles. The van der Waals surface area contributed by atoms with Crippen molar-refractivity contribution in [2.45, 2.75) is 13.5 Å². The highest BCUT2D eigenvalue weighted by Crippen LogP contribution is 2.21. The molecule has 0 aliphatic carbocycles. The number of Topliss-reactive ketones (excluding diaryl/α,β-unsaturated/α-hetero) is 1. The fourth-order valence-electron chi connectivity index (χ4n) is 1.54. The van der Waals surface area contributed by atoms with Crippen molar-refractivity contribution in [3.8, 4) is 5.75 Å². The Labute approximate surface area is 104 Å². The minimum Gasteiger partial charge on any atom is -0.488 e. The second-order valence-corrected chi connectivity index (χ2v) is 3.84. The van der Waals surface area contributed by atoms with E-state index in [1.807, 2.05) is 12.1 Å². The zero-order valence-corrected chi connectivity index (χ0v) is 9.89. The summed E-state index contributed by atoms with van der Waals surface area (Å²) in [4.78, 5) is 15.3. The molecule has 0 radical (unpaired) electrons. The molecule has 0 saturated heterocycles. The lowest BCUT2D eigenvalue weighted by Gasteiger charge is -2.09. The van der Waals surface area contributed by atoms with Gasteiger partial charge in [0.2, 0.25) is 0 Å². The van der Waals surface area contributed by atoms with Crippen molar-refractivity contribution in [1.29, 1.82) is 0 Å². The third-order valence-electron chi connectivity index (χ3n) is 2.46. The molecule has 0 N–H and O–H groups in total. The number of ether oxygens (including phenoxy) is 1. The number of carbonyl (C=O) groups excluding carboxylic acids is 1. The largest absolute Gasteiger partial charge is 0.488 e. The summed E-state index contributed by atoms with van der Waals surface area (Å²) in [6.45, 7) is 1.70. The number of hydrogen-bond donors (Lipinski definition) is 0. The zero-order chi connectivity index (χ0) is 13.0. The SMILES string of the molecule is CC(=O)c1cc(F)ccc1OCc1ccncc1. The van der Waals surface area contributed by atoms with Crippen LogP contribution in [0.15, 0.2) is 42.7 Å². The average molecular weight is 245 g/mol. The van der Waals surface area contributed by atoms with E-state index in [1.54, 1.807) is 12.4 Å². The van der Waals surface area contributed by atoms with Crippen LogP contribution in [0.1, 0.15) is 22.8 Å². The van der Waals surface area contributed by atoms with E-state index in [9.17, 15) is 9.18 Å². The number of hydrogen-bond acceptors (Lipinski definition) is 3. The molecule has 0 saturated carbocycles. The van der Waals surface area contributed by atoms with E-state index in [0.717, 1.165) is 5.56 Å². The highest BCUT2D eigenvalue weighted by molar-refractivity contribution is 5.96. The van der Waals surface area contributed by atoms with E-state index in [0.29, 0.717) is 12.4 Å². The van der Waals surface area contributed by atoms with Gasteiger partial charge < -0.3 is 4.74 Å². The highest BCUT2D eigenvalue weighted by atomic mass is 19.1. The maximum absolute atomic E-state index is 13.1. The minimum absolute atomic E-state index is 0.223. The lowest BCUT2D eigenvalue weighted by atomic mass is 10.1. The van der Waals surface area contributed by atoms with Crippen LogP contribution in [0.25, 0.3) is 0 Å². The van der Waals surface area contributed by atoms with Gasteiger partial charge >= 0.3 is 0 Å². The number of nitrogens with zero attached hydrogens (tertiary/aromatic N) is 1. The number of aromatic nitrogens is 1. The van der Waals surface area contributed by atoms with Gasteiger partial charge in [-0.3, -0.25) is 9.78 Å². The van der Waals surface area contributed by atoms with Gasteiger partial charge in [0.25, 0.3) is 0 Å². The zero-order valence-electron chi connectivity index (χ0n) is 9.89. The van der Waals surface area contributed by atoms with Gasteiger partial charge in [-0.2, -0.15) is 0 Å². The molecule has 0 bridgehead atoms. The predicted octanol–water partition coefficient (Wildman–Crippen LogP) is 3.00. The highest BCUT2D eigenvalue weighted by Gasteiger charge is 2.09. The molecule has 0 amide bonds. The molecule has 0 fully saturated rings. The van der Waals surface area contributed by atoms with Crippen molar-refractivity contribution in [1.82, 2.24) is 4.98 Å². The van der Waals surface area contributed by atoms with Crippen LogP contribution < -0.4 is 4.74 Å². The standard InChI is InChI=1S/C14H12FNO2/c1-10(17)13-8-12(15)2-3-14(13)18-9-11-4-6-16-7-5-11/h2-8H,9H2,1H3. The second kappa shape index (κ2) is 5.40. The summed E-state index contributed by atoms with van der Waals surface area (Å²) in [6, 6.07) is 7.56. The quantitative estimate of drug-likeness (QED) is 0.777. The summed E-state index contributed by atoms with van der Waals surface area (Å²) >= 11 is 0. The average Bonchev–Trinajstić information content (AvgIpc) is 2.38. The second-order valence-electron chi connectivity index (χ2n) is 3.84. The number of ketones is 1. The first kappa shape index (κ1) is 12.2. The van der Waals surface area contributed by atoms with E-state index in [-0.39, 0.29) is 11.3 Å². The molecule has 3 nitrogen and oxygen atoms in total. The topological polar surface area (TPSA) is 39.2 Å². The molecular formula is C14H12FNO2. The van der Waals surface area contributed by atoms with Crippen LogP contribution in [-0.2, 0) is 6.61 Å². The summed E-state index contributed by atoms with van der Waals surface area (Å²) < 4.78 is 18.6. The summed E-state index contributed by atoms with van der Waals surface area (Å²) in [5.41, 5.74) is 1.19. The molecule has 92 valence electrons. The van der Waals surface area contributed by atoms with Crippen molar-refractivity contribution in [3.63, 3.8) is 0 Å². The number of benzene rings is 1. The molecule has 0 aliphatic heterocycles. The van der Waals surface area contributed by atoms with Gasteiger partial charge in [-0.1, -0.05) is 0 Å². The van der Waals surface area contributed by atoms with E-state index < -0.39 is 5.82 Å². The Hall–Kier alpha value is -2.23. The van der Waals surface area contributed by atoms with Gasteiger partial charge in [0.15, 0.2) is 5.78 Å². The first-order valence-electron chi connectivity index (χ1n) is 5.49. The van der Waals surface area contributed by atoms with Gasteiger partial charge in [-0.15, -0.1) is 0 Å². The maximum atomic E-state index is 13.1. The van der Waals surface area contributed by atoms with Crippen LogP contribution >= 0.6 is 0 Å². The fourth-order valence-corrected chi connectivity index (χ4v) is 1.54. The van der Waals surface area contributed by atoms with Gasteiger partial charge in [0.05, 0.1) is 5.56 Å². The summed E-state index contributed by atoms with van der Waals surface area (Å²) in [5, 5.41) is 0. The van der Waals surface area contributed by atoms with Crippen molar-refractivity contribution < 1.29 is 13.9 Å². The summed E-state index contributed by atoms with van der Waals surface area (Å²) in [5.74, 6) is -0.281. The van der Waals surface area contributed by atoms with Crippen LogP contribution in [0.2, 0.25) is 0 Å². The fraction of sp³-hybridized carbons (Fsp3) is 0.143. The Morgan fingerprint density at radius 1 is 1.28 bits per heavy atom. The molecule has 18 heavy (non-hydrogen) atoms. The van der Waals surface area contributed by atoms with E-state index in [2.05, 4.69) is 4.98 Å². The predicted molar refractivity (Wildman–Crippen MR) is 65.0 cm³/mol. The Morgan fingerprint density at radius 3 is 2.67 bits per heavy atom. The van der Waals surface area contributed by atoms with Crippen molar-refractivity contribution >= 4 is 5.78 Å². The Balaban J connectivity index is 2.17. The molecule has 1 heterocycles. The van der Waals surface area contributed by atoms with Gasteiger partial charge in [-0.25, -0.2) is 4.39 Å². The normalized spacial score (nSPS) is 10.1. The molecule has 2 aromatic rings. The number of pyridine rings is 1. The van der Waals surface area contributed by atoms with Crippen molar-refractivity contribution in [2.24, 2.45) is 0 Å². The maximum Gasteiger partial charge on any atom is 0.163 e. The summed E-state index contributed by atoms with van der Waals surface area (Å²) in [6.07, 6.45) is 3.32. The lowest BCUT2D eigenvalue weighted by Crippen LogP contribution is -2.02. The van der Waals surface area contributed by atoms with Gasteiger partial charge in [-0.05, 0) is 42.8 Å². The molecule has 2 rings (SSSR count). The van der Waals surface area contributed by atoms with Crippen LogP contribution in [0, 0.1) is 5.82 Å². The first-order valence-corrected chi connectivity index (χ1v) is 5.49. The smallest absolute Gasteiger partial charge is 0.163 e. The van der Waals surface area contributed by atoms with Crippen LogP contribution in [0.3, 0.4) is 0 Å². The van der Waals surface area contributed by atoms with Crippen LogP contribution in [-0.4, -0.2) is 10.8 Å². The van der Waals surface area contributed by atoms with Crippen molar-refractivity contribution in [3.05, 3.63) is 59.7 Å². The number of carbonyl (C=O) groups is 1. The van der Waals surface area contributed by atoms with E-state index >= 15 is 0 Å². The monoisotopic (exact) mass is 245 g/mol. The van der Waals surface area contributed by atoms with E-state index in [4.69, 9.17) is 4.74 Å². The molecule has 0 spiro atoms.